The van der Waals surface area contributed by atoms with Gasteiger partial charge in [0.15, 0.2) is 0 Å². The van der Waals surface area contributed by atoms with Crippen LogP contribution in [0.5, 0.6) is 5.75 Å². The third kappa shape index (κ3) is 3.09. The number of hydrogen-bond donors (Lipinski definition) is 1. The second-order valence-corrected chi connectivity index (χ2v) is 4.14. The van der Waals surface area contributed by atoms with E-state index in [-0.39, 0.29) is 6.42 Å². The zero-order valence-corrected chi connectivity index (χ0v) is 10.8. The molecule has 1 aromatic heterocycles. The molecule has 0 aliphatic carbocycles. The van der Waals surface area contributed by atoms with Crippen molar-refractivity contribution in [2.75, 3.05) is 7.11 Å². The van der Waals surface area contributed by atoms with Crippen LogP contribution in [0.25, 0.3) is 11.3 Å². The summed E-state index contributed by atoms with van der Waals surface area (Å²) in [7, 11) is 3.33. The van der Waals surface area contributed by atoms with E-state index in [0.29, 0.717) is 17.9 Å². The van der Waals surface area contributed by atoms with E-state index in [1.54, 1.807) is 20.4 Å². The van der Waals surface area contributed by atoms with Gasteiger partial charge in [-0.2, -0.15) is 15.0 Å². The van der Waals surface area contributed by atoms with Crippen molar-refractivity contribution in [1.29, 1.82) is 0 Å². The molecule has 0 bridgehead atoms. The molecule has 0 saturated carbocycles. The van der Waals surface area contributed by atoms with Crippen LogP contribution in [0.3, 0.4) is 0 Å². The second kappa shape index (κ2) is 5.51. The predicted molar refractivity (Wildman–Crippen MR) is 68.9 cm³/mol. The van der Waals surface area contributed by atoms with Crippen molar-refractivity contribution in [3.63, 3.8) is 0 Å². The van der Waals surface area contributed by atoms with E-state index in [9.17, 15) is 4.79 Å². The number of hydrogen-bond acceptors (Lipinski definition) is 4. The summed E-state index contributed by atoms with van der Waals surface area (Å²) in [6.07, 6.45) is 2.18. The maximum Gasteiger partial charge on any atom is 0.303 e. The monoisotopic (exact) mass is 261 g/mol. The Balaban J connectivity index is 2.39. The number of benzene rings is 1. The van der Waals surface area contributed by atoms with Crippen molar-refractivity contribution in [2.24, 2.45) is 7.05 Å². The Morgan fingerprint density at radius 3 is 2.84 bits per heavy atom. The molecular formula is C13H15N3O3. The van der Waals surface area contributed by atoms with Crippen LogP contribution >= 0.6 is 0 Å². The molecule has 0 aliphatic rings. The minimum absolute atomic E-state index is 0.0829. The molecule has 0 unspecified atom stereocenters. The molecule has 1 heterocycles. The zero-order valence-electron chi connectivity index (χ0n) is 10.8. The molecule has 0 fully saturated rings. The molecule has 0 atom stereocenters. The maximum absolute atomic E-state index is 10.7. The SMILES string of the molecule is COc1ccc(CCC(=O)O)c(-c2cnn(C)n2)c1. The Bertz CT molecular complexity index is 593. The highest BCUT2D eigenvalue weighted by Gasteiger charge is 2.11. The highest BCUT2D eigenvalue weighted by molar-refractivity contribution is 5.69. The van der Waals surface area contributed by atoms with E-state index in [1.165, 1.54) is 4.80 Å². The summed E-state index contributed by atoms with van der Waals surface area (Å²) in [4.78, 5) is 12.2. The lowest BCUT2D eigenvalue weighted by Gasteiger charge is -2.08. The number of aromatic nitrogens is 3. The molecule has 19 heavy (non-hydrogen) atoms. The van der Waals surface area contributed by atoms with Gasteiger partial charge in [0.25, 0.3) is 0 Å². The third-order valence-corrected chi connectivity index (χ3v) is 2.80. The number of rotatable bonds is 5. The molecule has 0 spiro atoms. The number of carboxylic acid groups (broad SMARTS) is 1. The van der Waals surface area contributed by atoms with Crippen LogP contribution in [-0.4, -0.2) is 33.2 Å². The van der Waals surface area contributed by atoms with Crippen molar-refractivity contribution in [1.82, 2.24) is 15.0 Å². The van der Waals surface area contributed by atoms with E-state index in [4.69, 9.17) is 9.84 Å². The first-order valence-corrected chi connectivity index (χ1v) is 5.85. The minimum atomic E-state index is -0.819. The number of aliphatic carboxylic acids is 1. The average molecular weight is 261 g/mol. The fourth-order valence-electron chi connectivity index (χ4n) is 1.85. The highest BCUT2D eigenvalue weighted by Crippen LogP contribution is 2.27. The molecule has 2 aromatic rings. The normalized spacial score (nSPS) is 10.4. The molecule has 0 amide bonds. The van der Waals surface area contributed by atoms with Gasteiger partial charge < -0.3 is 9.84 Å². The fraction of sp³-hybridized carbons (Fsp3) is 0.308. The van der Waals surface area contributed by atoms with Gasteiger partial charge in [-0.25, -0.2) is 0 Å². The molecule has 100 valence electrons. The van der Waals surface area contributed by atoms with Crippen molar-refractivity contribution in [3.05, 3.63) is 30.0 Å². The molecule has 1 aromatic carbocycles. The van der Waals surface area contributed by atoms with Crippen LogP contribution in [0.15, 0.2) is 24.4 Å². The van der Waals surface area contributed by atoms with Crippen LogP contribution in [0.2, 0.25) is 0 Å². The average Bonchev–Trinajstić information content (AvgIpc) is 2.82. The van der Waals surface area contributed by atoms with Gasteiger partial charge >= 0.3 is 5.97 Å². The van der Waals surface area contributed by atoms with E-state index in [2.05, 4.69) is 10.2 Å². The lowest BCUT2D eigenvalue weighted by Crippen LogP contribution is -2.00. The molecule has 0 aliphatic heterocycles. The lowest BCUT2D eigenvalue weighted by atomic mass is 10.0. The van der Waals surface area contributed by atoms with E-state index >= 15 is 0 Å². The first kappa shape index (κ1) is 13.1. The van der Waals surface area contributed by atoms with Gasteiger partial charge in [0.2, 0.25) is 0 Å². The summed E-state index contributed by atoms with van der Waals surface area (Å²) in [5.74, 6) is -0.111. The van der Waals surface area contributed by atoms with Gasteiger partial charge in [-0.1, -0.05) is 6.07 Å². The Morgan fingerprint density at radius 1 is 1.47 bits per heavy atom. The molecule has 0 saturated heterocycles. The summed E-state index contributed by atoms with van der Waals surface area (Å²) in [5, 5.41) is 17.1. The van der Waals surface area contributed by atoms with Crippen LogP contribution in [0.4, 0.5) is 0 Å². The predicted octanol–water partition coefficient (Wildman–Crippen LogP) is 1.51. The van der Waals surface area contributed by atoms with Crippen molar-refractivity contribution in [2.45, 2.75) is 12.8 Å². The van der Waals surface area contributed by atoms with Gasteiger partial charge in [-0.3, -0.25) is 4.79 Å². The Hall–Kier alpha value is -2.37. The van der Waals surface area contributed by atoms with Crippen LogP contribution in [0, 0.1) is 0 Å². The third-order valence-electron chi connectivity index (χ3n) is 2.80. The number of carbonyl (C=O) groups is 1. The number of carboxylic acids is 1. The van der Waals surface area contributed by atoms with E-state index in [0.717, 1.165) is 11.1 Å². The Morgan fingerprint density at radius 2 is 2.26 bits per heavy atom. The standard InChI is InChI=1S/C13H15N3O3/c1-16-14-8-12(15-16)11-7-10(19-2)5-3-9(11)4-6-13(17)18/h3,5,7-8H,4,6H2,1-2H3,(H,17,18). The smallest absolute Gasteiger partial charge is 0.303 e. The summed E-state index contributed by atoms with van der Waals surface area (Å²) in [5.41, 5.74) is 2.49. The molecular weight excluding hydrogens is 246 g/mol. The van der Waals surface area contributed by atoms with Crippen LogP contribution in [-0.2, 0) is 18.3 Å². The van der Waals surface area contributed by atoms with Crippen molar-refractivity contribution in [3.8, 4) is 17.0 Å². The van der Waals surface area contributed by atoms with Gasteiger partial charge in [0, 0.05) is 19.0 Å². The largest absolute Gasteiger partial charge is 0.497 e. The van der Waals surface area contributed by atoms with Crippen LogP contribution in [0.1, 0.15) is 12.0 Å². The molecule has 1 N–H and O–H groups in total. The molecule has 2 rings (SSSR count). The van der Waals surface area contributed by atoms with Gasteiger partial charge in [-0.15, -0.1) is 0 Å². The van der Waals surface area contributed by atoms with Gasteiger partial charge in [-0.05, 0) is 24.1 Å². The summed E-state index contributed by atoms with van der Waals surface area (Å²) >= 11 is 0. The number of methoxy groups -OCH3 is 1. The Kier molecular flexibility index (Phi) is 3.79. The van der Waals surface area contributed by atoms with Crippen molar-refractivity contribution < 1.29 is 14.6 Å². The number of ether oxygens (including phenoxy) is 1. The first-order chi connectivity index (χ1) is 9.10. The van der Waals surface area contributed by atoms with E-state index in [1.807, 2.05) is 18.2 Å². The zero-order chi connectivity index (χ0) is 13.8. The highest BCUT2D eigenvalue weighted by atomic mass is 16.5. The molecule has 6 heteroatoms. The summed E-state index contributed by atoms with van der Waals surface area (Å²) in [6, 6.07) is 5.53. The van der Waals surface area contributed by atoms with Crippen molar-refractivity contribution >= 4 is 5.97 Å². The number of aryl methyl sites for hydroxylation is 2. The maximum atomic E-state index is 10.7. The summed E-state index contributed by atoms with van der Waals surface area (Å²) < 4.78 is 5.19. The second-order valence-electron chi connectivity index (χ2n) is 4.14. The van der Waals surface area contributed by atoms with Crippen LogP contribution < -0.4 is 4.74 Å². The molecule has 0 radical (unpaired) electrons. The quantitative estimate of drug-likeness (QED) is 0.882. The topological polar surface area (TPSA) is 77.2 Å². The Labute approximate surface area is 110 Å². The molecule has 6 nitrogen and oxygen atoms in total. The van der Waals surface area contributed by atoms with Gasteiger partial charge in [0.05, 0.1) is 13.3 Å². The van der Waals surface area contributed by atoms with Gasteiger partial charge in [0.1, 0.15) is 11.4 Å². The lowest BCUT2D eigenvalue weighted by molar-refractivity contribution is -0.136. The summed E-state index contributed by atoms with van der Waals surface area (Å²) in [6.45, 7) is 0. The first-order valence-electron chi connectivity index (χ1n) is 5.85. The fourth-order valence-corrected chi connectivity index (χ4v) is 1.85. The minimum Gasteiger partial charge on any atom is -0.497 e. The number of nitrogens with zero attached hydrogens (tertiary/aromatic N) is 3. The van der Waals surface area contributed by atoms with E-state index < -0.39 is 5.97 Å².